The van der Waals surface area contributed by atoms with Crippen LogP contribution in [-0.4, -0.2) is 30.0 Å². The van der Waals surface area contributed by atoms with E-state index in [0.717, 1.165) is 36.6 Å². The number of unbranched alkanes of at least 4 members (excludes halogenated alkanes) is 3. The minimum Gasteiger partial charge on any atom is -0.466 e. The maximum absolute atomic E-state index is 12.1. The van der Waals surface area contributed by atoms with Crippen molar-refractivity contribution in [3.8, 4) is 0 Å². The van der Waals surface area contributed by atoms with E-state index in [1.165, 1.54) is 0 Å². The summed E-state index contributed by atoms with van der Waals surface area (Å²) in [5.41, 5.74) is 1.39. The quantitative estimate of drug-likeness (QED) is 0.529. The molecule has 0 aliphatic rings. The molecule has 5 nitrogen and oxygen atoms in total. The van der Waals surface area contributed by atoms with Crippen LogP contribution in [0.2, 0.25) is 5.02 Å². The lowest BCUT2D eigenvalue weighted by molar-refractivity contribution is -0.143. The lowest BCUT2D eigenvalue weighted by Gasteiger charge is -2.04. The average molecular weight is 351 g/mol. The first-order chi connectivity index (χ1) is 11.6. The van der Waals surface area contributed by atoms with Crippen molar-refractivity contribution in [1.82, 2.24) is 10.3 Å². The lowest BCUT2D eigenvalue weighted by Crippen LogP contribution is -2.24. The van der Waals surface area contributed by atoms with Crippen LogP contribution in [-0.2, 0) is 9.53 Å². The minimum absolute atomic E-state index is 0.117. The van der Waals surface area contributed by atoms with Crippen LogP contribution in [0.3, 0.4) is 0 Å². The molecule has 1 aromatic heterocycles. The molecule has 0 unspecified atom stereocenters. The van der Waals surface area contributed by atoms with Crippen LogP contribution in [0.5, 0.6) is 0 Å². The summed E-state index contributed by atoms with van der Waals surface area (Å²) in [5.74, 6) is -0.251. The number of benzene rings is 1. The molecule has 130 valence electrons. The van der Waals surface area contributed by atoms with E-state index in [1.54, 1.807) is 12.1 Å². The van der Waals surface area contributed by atoms with Gasteiger partial charge in [0.1, 0.15) is 5.69 Å². The number of halogens is 1. The van der Waals surface area contributed by atoms with Gasteiger partial charge in [0.05, 0.1) is 6.61 Å². The van der Waals surface area contributed by atoms with E-state index in [-0.39, 0.29) is 11.9 Å². The third-order valence-electron chi connectivity index (χ3n) is 3.73. The third-order valence-corrected chi connectivity index (χ3v) is 3.96. The summed E-state index contributed by atoms with van der Waals surface area (Å²) in [7, 11) is 0. The number of carbonyl (C=O) groups is 2. The van der Waals surface area contributed by atoms with Crippen molar-refractivity contribution in [3.05, 3.63) is 35.0 Å². The zero-order valence-electron chi connectivity index (χ0n) is 13.9. The normalized spacial score (nSPS) is 10.8. The van der Waals surface area contributed by atoms with Crippen molar-refractivity contribution >= 4 is 34.4 Å². The second-order valence-electron chi connectivity index (χ2n) is 5.64. The summed E-state index contributed by atoms with van der Waals surface area (Å²) in [6.45, 7) is 2.86. The van der Waals surface area contributed by atoms with Crippen molar-refractivity contribution in [2.45, 2.75) is 39.0 Å². The number of hydrogen-bond acceptors (Lipinski definition) is 3. The van der Waals surface area contributed by atoms with Crippen LogP contribution in [0.25, 0.3) is 10.9 Å². The predicted octanol–water partition coefficient (Wildman–Crippen LogP) is 4.06. The van der Waals surface area contributed by atoms with Gasteiger partial charge in [-0.15, -0.1) is 0 Å². The lowest BCUT2D eigenvalue weighted by atomic mass is 10.1. The highest BCUT2D eigenvalue weighted by Gasteiger charge is 2.09. The Morgan fingerprint density at radius 3 is 2.75 bits per heavy atom. The van der Waals surface area contributed by atoms with Crippen LogP contribution >= 0.6 is 11.6 Å². The van der Waals surface area contributed by atoms with E-state index >= 15 is 0 Å². The van der Waals surface area contributed by atoms with Crippen molar-refractivity contribution in [2.75, 3.05) is 13.2 Å². The highest BCUT2D eigenvalue weighted by Crippen LogP contribution is 2.19. The molecule has 1 heterocycles. The van der Waals surface area contributed by atoms with E-state index in [9.17, 15) is 9.59 Å². The molecule has 0 fully saturated rings. The van der Waals surface area contributed by atoms with E-state index in [2.05, 4.69) is 10.3 Å². The Morgan fingerprint density at radius 2 is 1.96 bits per heavy atom. The van der Waals surface area contributed by atoms with Crippen LogP contribution < -0.4 is 5.32 Å². The van der Waals surface area contributed by atoms with Gasteiger partial charge >= 0.3 is 5.97 Å². The molecule has 2 aromatic rings. The number of ether oxygens (including phenoxy) is 1. The molecule has 0 saturated heterocycles. The molecule has 2 rings (SSSR count). The summed E-state index contributed by atoms with van der Waals surface area (Å²) in [5, 5.41) is 4.50. The van der Waals surface area contributed by atoms with Gasteiger partial charge in [-0.2, -0.15) is 0 Å². The summed E-state index contributed by atoms with van der Waals surface area (Å²) < 4.78 is 4.87. The first kappa shape index (κ1) is 18.3. The zero-order valence-corrected chi connectivity index (χ0v) is 14.6. The monoisotopic (exact) mass is 350 g/mol. The van der Waals surface area contributed by atoms with E-state index < -0.39 is 0 Å². The second-order valence-corrected chi connectivity index (χ2v) is 6.08. The highest BCUT2D eigenvalue weighted by molar-refractivity contribution is 6.31. The van der Waals surface area contributed by atoms with Crippen molar-refractivity contribution in [3.63, 3.8) is 0 Å². The number of H-pyrrole nitrogens is 1. The standard InChI is InChI=1S/C18H23ClN2O3/c1-2-24-17(22)7-5-3-4-6-10-20-18(23)16-11-13-8-9-14(19)12-15(13)21-16/h8-9,11-12,21H,2-7,10H2,1H3,(H,20,23). The van der Waals surface area contributed by atoms with Crippen molar-refractivity contribution in [2.24, 2.45) is 0 Å². The number of fused-ring (bicyclic) bond motifs is 1. The van der Waals surface area contributed by atoms with Gasteiger partial charge in [-0.3, -0.25) is 9.59 Å². The molecule has 0 bridgehead atoms. The number of nitrogens with one attached hydrogen (secondary N) is 2. The molecule has 0 radical (unpaired) electrons. The minimum atomic E-state index is -0.135. The smallest absolute Gasteiger partial charge is 0.305 e. The van der Waals surface area contributed by atoms with Crippen molar-refractivity contribution in [1.29, 1.82) is 0 Å². The molecular weight excluding hydrogens is 328 g/mol. The largest absolute Gasteiger partial charge is 0.466 e. The molecule has 24 heavy (non-hydrogen) atoms. The summed E-state index contributed by atoms with van der Waals surface area (Å²) in [4.78, 5) is 26.4. The fourth-order valence-corrected chi connectivity index (χ4v) is 2.67. The molecule has 0 spiro atoms. The maximum Gasteiger partial charge on any atom is 0.305 e. The molecule has 6 heteroatoms. The predicted molar refractivity (Wildman–Crippen MR) is 95.4 cm³/mol. The summed E-state index contributed by atoms with van der Waals surface area (Å²) >= 11 is 5.94. The molecule has 2 N–H and O–H groups in total. The van der Waals surface area contributed by atoms with Gasteiger partial charge in [-0.25, -0.2) is 0 Å². The Labute approximate surface area is 146 Å². The number of carbonyl (C=O) groups excluding carboxylic acids is 2. The van der Waals surface area contributed by atoms with Crippen LogP contribution in [0.4, 0.5) is 0 Å². The van der Waals surface area contributed by atoms with Gasteiger partial charge in [-0.1, -0.05) is 30.5 Å². The number of hydrogen-bond donors (Lipinski definition) is 2. The van der Waals surface area contributed by atoms with Crippen LogP contribution in [0.1, 0.15) is 49.5 Å². The number of aromatic amines is 1. The molecule has 1 amide bonds. The van der Waals surface area contributed by atoms with Crippen LogP contribution in [0, 0.1) is 0 Å². The van der Waals surface area contributed by atoms with E-state index in [4.69, 9.17) is 16.3 Å². The van der Waals surface area contributed by atoms with Gasteiger partial charge in [0.25, 0.3) is 5.91 Å². The number of rotatable bonds is 9. The first-order valence-electron chi connectivity index (χ1n) is 8.32. The molecule has 0 aliphatic carbocycles. The Morgan fingerprint density at radius 1 is 1.17 bits per heavy atom. The fraction of sp³-hybridized carbons (Fsp3) is 0.444. The highest BCUT2D eigenvalue weighted by atomic mass is 35.5. The molecular formula is C18H23ClN2O3. The molecule has 0 saturated carbocycles. The Kier molecular flexibility index (Phi) is 7.12. The summed E-state index contributed by atoms with van der Waals surface area (Å²) in [6.07, 6.45) is 4.12. The van der Waals surface area contributed by atoms with Crippen LogP contribution in [0.15, 0.2) is 24.3 Å². The third kappa shape index (κ3) is 5.57. The van der Waals surface area contributed by atoms with Gasteiger partial charge in [0.2, 0.25) is 0 Å². The Hall–Kier alpha value is -2.01. The Bertz CT molecular complexity index is 697. The van der Waals surface area contributed by atoms with Gasteiger partial charge in [-0.05, 0) is 38.0 Å². The number of aromatic nitrogens is 1. The van der Waals surface area contributed by atoms with E-state index in [1.807, 2.05) is 19.1 Å². The van der Waals surface area contributed by atoms with Gasteiger partial charge < -0.3 is 15.0 Å². The maximum atomic E-state index is 12.1. The summed E-state index contributed by atoms with van der Waals surface area (Å²) in [6, 6.07) is 7.31. The zero-order chi connectivity index (χ0) is 17.4. The van der Waals surface area contributed by atoms with E-state index in [0.29, 0.717) is 30.3 Å². The average Bonchev–Trinajstić information content (AvgIpc) is 2.97. The Balaban J connectivity index is 1.65. The number of amides is 1. The first-order valence-corrected chi connectivity index (χ1v) is 8.70. The second kappa shape index (κ2) is 9.33. The molecule has 0 aliphatic heterocycles. The SMILES string of the molecule is CCOC(=O)CCCCCCNC(=O)c1cc2ccc(Cl)cc2[nH]1. The molecule has 0 atom stereocenters. The van der Waals surface area contributed by atoms with Crippen molar-refractivity contribution < 1.29 is 14.3 Å². The fourth-order valence-electron chi connectivity index (χ4n) is 2.50. The van der Waals surface area contributed by atoms with Gasteiger partial charge in [0.15, 0.2) is 0 Å². The molecule has 1 aromatic carbocycles. The topological polar surface area (TPSA) is 71.2 Å². The van der Waals surface area contributed by atoms with Gasteiger partial charge in [0, 0.05) is 28.9 Å². The number of esters is 1.